The van der Waals surface area contributed by atoms with E-state index in [1.807, 2.05) is 0 Å². The van der Waals surface area contributed by atoms with Crippen molar-refractivity contribution < 1.29 is 0 Å². The van der Waals surface area contributed by atoms with Crippen molar-refractivity contribution in [2.24, 2.45) is 0 Å². The summed E-state index contributed by atoms with van der Waals surface area (Å²) in [6, 6.07) is 9.17. The summed E-state index contributed by atoms with van der Waals surface area (Å²) in [6.45, 7) is 10.6. The topological polar surface area (TPSA) is 0 Å². The van der Waals surface area contributed by atoms with Crippen molar-refractivity contribution in [2.75, 3.05) is 0 Å². The van der Waals surface area contributed by atoms with Crippen LogP contribution in [0.25, 0.3) is 0 Å². The first kappa shape index (κ1) is 16.0. The first-order valence-corrected chi connectivity index (χ1v) is 7.83. The SMILES string of the molecule is C=C(C)CCCCCCCc1ccc(C(C)C)cc1. The van der Waals surface area contributed by atoms with Crippen molar-refractivity contribution in [2.45, 2.75) is 71.6 Å². The Kier molecular flexibility index (Phi) is 7.55. The highest BCUT2D eigenvalue weighted by Crippen LogP contribution is 2.16. The van der Waals surface area contributed by atoms with Gasteiger partial charge in [-0.25, -0.2) is 0 Å². The van der Waals surface area contributed by atoms with E-state index in [1.54, 1.807) is 0 Å². The molecule has 0 aliphatic carbocycles. The fourth-order valence-electron chi connectivity index (χ4n) is 2.36. The van der Waals surface area contributed by atoms with Crippen LogP contribution in [0.1, 0.15) is 76.3 Å². The molecular weight excluding hydrogens is 228 g/mol. The fraction of sp³-hybridized carbons (Fsp3) is 0.579. The number of aryl methyl sites for hydroxylation is 1. The highest BCUT2D eigenvalue weighted by atomic mass is 14.0. The largest absolute Gasteiger partial charge is 0.100 e. The minimum atomic E-state index is 0.641. The Bertz CT molecular complexity index is 356. The Balaban J connectivity index is 2.10. The first-order chi connectivity index (χ1) is 9.09. The van der Waals surface area contributed by atoms with Crippen LogP contribution in [-0.4, -0.2) is 0 Å². The summed E-state index contributed by atoms with van der Waals surface area (Å²) in [7, 11) is 0. The Morgan fingerprint density at radius 3 is 2.11 bits per heavy atom. The molecule has 1 aromatic carbocycles. The van der Waals surface area contributed by atoms with E-state index in [1.165, 1.54) is 61.6 Å². The van der Waals surface area contributed by atoms with E-state index >= 15 is 0 Å². The van der Waals surface area contributed by atoms with Crippen LogP contribution < -0.4 is 0 Å². The molecule has 0 N–H and O–H groups in total. The van der Waals surface area contributed by atoms with Gasteiger partial charge in [0.05, 0.1) is 0 Å². The van der Waals surface area contributed by atoms with Gasteiger partial charge in [0.1, 0.15) is 0 Å². The van der Waals surface area contributed by atoms with Crippen LogP contribution in [0, 0.1) is 0 Å². The Morgan fingerprint density at radius 1 is 0.947 bits per heavy atom. The third-order valence-corrected chi connectivity index (χ3v) is 3.72. The van der Waals surface area contributed by atoms with Gasteiger partial charge >= 0.3 is 0 Å². The smallest absolute Gasteiger partial charge is 0.0219 e. The van der Waals surface area contributed by atoms with Crippen molar-refractivity contribution in [3.05, 3.63) is 47.5 Å². The van der Waals surface area contributed by atoms with Gasteiger partial charge in [-0.1, -0.05) is 62.9 Å². The molecule has 19 heavy (non-hydrogen) atoms. The number of rotatable bonds is 9. The van der Waals surface area contributed by atoms with Crippen molar-refractivity contribution >= 4 is 0 Å². The fourth-order valence-corrected chi connectivity index (χ4v) is 2.36. The number of unbranched alkanes of at least 4 members (excludes halogenated alkanes) is 4. The van der Waals surface area contributed by atoms with Gasteiger partial charge in [-0.05, 0) is 49.7 Å². The van der Waals surface area contributed by atoms with Crippen LogP contribution in [0.3, 0.4) is 0 Å². The van der Waals surface area contributed by atoms with E-state index in [0.29, 0.717) is 5.92 Å². The summed E-state index contributed by atoms with van der Waals surface area (Å²) in [5.74, 6) is 0.641. The number of allylic oxidation sites excluding steroid dienone is 1. The lowest BCUT2D eigenvalue weighted by atomic mass is 9.99. The third kappa shape index (κ3) is 7.20. The maximum absolute atomic E-state index is 3.95. The van der Waals surface area contributed by atoms with Crippen LogP contribution in [-0.2, 0) is 6.42 Å². The molecule has 0 heterocycles. The molecule has 0 atom stereocenters. The van der Waals surface area contributed by atoms with E-state index in [4.69, 9.17) is 0 Å². The second-order valence-electron chi connectivity index (χ2n) is 6.12. The molecule has 0 saturated carbocycles. The van der Waals surface area contributed by atoms with Gasteiger partial charge in [-0.15, -0.1) is 6.58 Å². The van der Waals surface area contributed by atoms with Crippen molar-refractivity contribution in [1.82, 2.24) is 0 Å². The number of hydrogen-bond donors (Lipinski definition) is 0. The Labute approximate surface area is 119 Å². The molecule has 0 bridgehead atoms. The van der Waals surface area contributed by atoms with Crippen LogP contribution in [0.5, 0.6) is 0 Å². The number of hydrogen-bond acceptors (Lipinski definition) is 0. The molecule has 0 aliphatic rings. The molecule has 0 amide bonds. The maximum atomic E-state index is 3.95. The van der Waals surface area contributed by atoms with Gasteiger partial charge in [0.2, 0.25) is 0 Å². The average Bonchev–Trinajstić information content (AvgIpc) is 2.38. The lowest BCUT2D eigenvalue weighted by Gasteiger charge is -2.07. The van der Waals surface area contributed by atoms with Gasteiger partial charge in [-0.3, -0.25) is 0 Å². The standard InChI is InChI=1S/C19H30/c1-16(2)10-8-6-5-7-9-11-18-12-14-19(15-13-18)17(3)4/h12-15,17H,1,5-11H2,2-4H3. The monoisotopic (exact) mass is 258 g/mol. The highest BCUT2D eigenvalue weighted by molar-refractivity contribution is 5.24. The zero-order valence-corrected chi connectivity index (χ0v) is 13.0. The molecule has 0 spiro atoms. The van der Waals surface area contributed by atoms with Gasteiger partial charge in [-0.2, -0.15) is 0 Å². The predicted octanol–water partition coefficient (Wildman–Crippen LogP) is 6.27. The Hall–Kier alpha value is -1.04. The molecule has 0 aliphatic heterocycles. The maximum Gasteiger partial charge on any atom is -0.0219 e. The highest BCUT2D eigenvalue weighted by Gasteiger charge is 1.99. The Morgan fingerprint density at radius 2 is 1.53 bits per heavy atom. The molecule has 0 unspecified atom stereocenters. The van der Waals surface area contributed by atoms with Crippen molar-refractivity contribution in [3.8, 4) is 0 Å². The molecule has 0 heteroatoms. The molecule has 1 rings (SSSR count). The minimum Gasteiger partial charge on any atom is -0.100 e. The summed E-state index contributed by atoms with van der Waals surface area (Å²) in [5.41, 5.74) is 4.26. The lowest BCUT2D eigenvalue weighted by Crippen LogP contribution is -1.90. The zero-order chi connectivity index (χ0) is 14.1. The van der Waals surface area contributed by atoms with Gasteiger partial charge < -0.3 is 0 Å². The molecule has 0 saturated heterocycles. The normalized spacial score (nSPS) is 10.9. The zero-order valence-electron chi connectivity index (χ0n) is 13.0. The van der Waals surface area contributed by atoms with Crippen LogP contribution >= 0.6 is 0 Å². The number of benzene rings is 1. The molecule has 106 valence electrons. The summed E-state index contributed by atoms with van der Waals surface area (Å²) in [5, 5.41) is 0. The molecule has 0 fully saturated rings. The molecule has 0 nitrogen and oxygen atoms in total. The average molecular weight is 258 g/mol. The van der Waals surface area contributed by atoms with Crippen LogP contribution in [0.15, 0.2) is 36.4 Å². The first-order valence-electron chi connectivity index (χ1n) is 7.83. The summed E-state index contributed by atoms with van der Waals surface area (Å²) in [6.07, 6.45) is 9.18. The second kappa shape index (κ2) is 8.96. The summed E-state index contributed by atoms with van der Waals surface area (Å²) in [4.78, 5) is 0. The minimum absolute atomic E-state index is 0.641. The van der Waals surface area contributed by atoms with Crippen LogP contribution in [0.4, 0.5) is 0 Å². The summed E-state index contributed by atoms with van der Waals surface area (Å²) < 4.78 is 0. The molecular formula is C19H30. The van der Waals surface area contributed by atoms with E-state index in [0.717, 1.165) is 0 Å². The second-order valence-corrected chi connectivity index (χ2v) is 6.12. The van der Waals surface area contributed by atoms with E-state index in [2.05, 4.69) is 51.6 Å². The van der Waals surface area contributed by atoms with Crippen molar-refractivity contribution in [1.29, 1.82) is 0 Å². The van der Waals surface area contributed by atoms with Gasteiger partial charge in [0.25, 0.3) is 0 Å². The van der Waals surface area contributed by atoms with Gasteiger partial charge in [0.15, 0.2) is 0 Å². The van der Waals surface area contributed by atoms with Crippen LogP contribution in [0.2, 0.25) is 0 Å². The quantitative estimate of drug-likeness (QED) is 0.362. The molecule has 0 radical (unpaired) electrons. The molecule has 1 aromatic rings. The van der Waals surface area contributed by atoms with E-state index < -0.39 is 0 Å². The van der Waals surface area contributed by atoms with E-state index in [-0.39, 0.29) is 0 Å². The van der Waals surface area contributed by atoms with E-state index in [9.17, 15) is 0 Å². The lowest BCUT2D eigenvalue weighted by molar-refractivity contribution is 0.612. The molecule has 0 aromatic heterocycles. The summed E-state index contributed by atoms with van der Waals surface area (Å²) >= 11 is 0. The van der Waals surface area contributed by atoms with Gasteiger partial charge in [0, 0.05) is 0 Å². The predicted molar refractivity (Wildman–Crippen MR) is 86.8 cm³/mol. The third-order valence-electron chi connectivity index (χ3n) is 3.72. The van der Waals surface area contributed by atoms with Crippen molar-refractivity contribution in [3.63, 3.8) is 0 Å².